The van der Waals surface area contributed by atoms with Gasteiger partial charge in [-0.3, -0.25) is 0 Å². The van der Waals surface area contributed by atoms with Gasteiger partial charge in [-0.15, -0.1) is 0 Å². The maximum atomic E-state index is 10.7. The Labute approximate surface area is 124 Å². The molecule has 0 atom stereocenters. The summed E-state index contributed by atoms with van der Waals surface area (Å²) < 4.78 is 5.10. The van der Waals surface area contributed by atoms with Gasteiger partial charge in [-0.05, 0) is 49.9 Å². The third-order valence-corrected chi connectivity index (χ3v) is 4.62. The molecule has 1 saturated carbocycles. The molecule has 1 rings (SSSR count). The molecular formula is C17H33NO2. The van der Waals surface area contributed by atoms with Gasteiger partial charge in [-0.25, -0.2) is 4.79 Å². The molecule has 3 nitrogen and oxygen atoms in total. The predicted octanol–water partition coefficient (Wildman–Crippen LogP) is 5.03. The van der Waals surface area contributed by atoms with E-state index in [4.69, 9.17) is 10.5 Å². The monoisotopic (exact) mass is 283 g/mol. The first-order valence-electron chi connectivity index (χ1n) is 8.39. The third-order valence-electron chi connectivity index (χ3n) is 4.62. The van der Waals surface area contributed by atoms with Crippen LogP contribution in [0.15, 0.2) is 0 Å². The molecule has 0 spiro atoms. The highest BCUT2D eigenvalue weighted by Crippen LogP contribution is 2.38. The van der Waals surface area contributed by atoms with Crippen LogP contribution in [0.5, 0.6) is 0 Å². The van der Waals surface area contributed by atoms with Gasteiger partial charge in [0, 0.05) is 0 Å². The van der Waals surface area contributed by atoms with Crippen LogP contribution in [0, 0.1) is 11.3 Å². The van der Waals surface area contributed by atoms with Gasteiger partial charge in [0.1, 0.15) is 6.10 Å². The second kappa shape index (κ2) is 8.53. The van der Waals surface area contributed by atoms with E-state index in [2.05, 4.69) is 20.8 Å². The summed E-state index contributed by atoms with van der Waals surface area (Å²) in [6.07, 6.45) is 11.8. The normalized spacial score (nSPS) is 23.6. The smallest absolute Gasteiger partial charge is 0.404 e. The maximum absolute atomic E-state index is 10.7. The Morgan fingerprint density at radius 3 is 2.35 bits per heavy atom. The molecule has 0 radical (unpaired) electrons. The van der Waals surface area contributed by atoms with Crippen LogP contribution in [0.25, 0.3) is 0 Å². The minimum atomic E-state index is -0.621. The largest absolute Gasteiger partial charge is 0.446 e. The first-order valence-corrected chi connectivity index (χ1v) is 8.39. The Hall–Kier alpha value is -0.730. The number of amides is 1. The third kappa shape index (κ3) is 7.16. The SMILES string of the molecule is CCCCCCC(C)(C)CC1CCC(OC(N)=O)CC1. The van der Waals surface area contributed by atoms with Crippen molar-refractivity contribution < 1.29 is 9.53 Å². The van der Waals surface area contributed by atoms with Gasteiger partial charge >= 0.3 is 6.09 Å². The van der Waals surface area contributed by atoms with Crippen molar-refractivity contribution in [3.63, 3.8) is 0 Å². The molecule has 1 amide bonds. The summed E-state index contributed by atoms with van der Waals surface area (Å²) >= 11 is 0. The quantitative estimate of drug-likeness (QED) is 0.635. The summed E-state index contributed by atoms with van der Waals surface area (Å²) in [7, 11) is 0. The fourth-order valence-electron chi connectivity index (χ4n) is 3.53. The Kier molecular flexibility index (Phi) is 7.39. The standard InChI is InChI=1S/C17H33NO2/c1-4-5-6-7-12-17(2,3)13-14-8-10-15(11-9-14)20-16(18)19/h14-15H,4-13H2,1-3H3,(H2,18,19). The van der Waals surface area contributed by atoms with Gasteiger partial charge < -0.3 is 10.5 Å². The van der Waals surface area contributed by atoms with Crippen LogP contribution >= 0.6 is 0 Å². The predicted molar refractivity (Wildman–Crippen MR) is 83.6 cm³/mol. The van der Waals surface area contributed by atoms with Crippen molar-refractivity contribution in [2.75, 3.05) is 0 Å². The zero-order valence-electron chi connectivity index (χ0n) is 13.6. The van der Waals surface area contributed by atoms with Crippen molar-refractivity contribution in [1.82, 2.24) is 0 Å². The van der Waals surface area contributed by atoms with Gasteiger partial charge in [0.15, 0.2) is 0 Å². The molecule has 1 aliphatic carbocycles. The van der Waals surface area contributed by atoms with Crippen LogP contribution in [0.3, 0.4) is 0 Å². The molecular weight excluding hydrogens is 250 g/mol. The van der Waals surface area contributed by atoms with Crippen LogP contribution in [-0.4, -0.2) is 12.2 Å². The Morgan fingerprint density at radius 2 is 1.80 bits per heavy atom. The summed E-state index contributed by atoms with van der Waals surface area (Å²) in [4.78, 5) is 10.7. The molecule has 20 heavy (non-hydrogen) atoms. The number of carbonyl (C=O) groups is 1. The molecule has 3 heteroatoms. The van der Waals surface area contributed by atoms with Crippen LogP contribution < -0.4 is 5.73 Å². The number of unbranched alkanes of at least 4 members (excludes halogenated alkanes) is 3. The van der Waals surface area contributed by atoms with E-state index in [9.17, 15) is 4.79 Å². The lowest BCUT2D eigenvalue weighted by molar-refractivity contribution is 0.0624. The van der Waals surface area contributed by atoms with Gasteiger partial charge in [0.05, 0.1) is 0 Å². The fraction of sp³-hybridized carbons (Fsp3) is 0.941. The van der Waals surface area contributed by atoms with Crippen LogP contribution in [0.4, 0.5) is 4.79 Å². The highest BCUT2D eigenvalue weighted by molar-refractivity contribution is 5.64. The van der Waals surface area contributed by atoms with Gasteiger partial charge in [-0.1, -0.05) is 46.5 Å². The number of nitrogens with two attached hydrogens (primary N) is 1. The molecule has 0 heterocycles. The van der Waals surface area contributed by atoms with E-state index >= 15 is 0 Å². The van der Waals surface area contributed by atoms with Crippen LogP contribution in [-0.2, 0) is 4.74 Å². The maximum Gasteiger partial charge on any atom is 0.404 e. The molecule has 0 aromatic rings. The van der Waals surface area contributed by atoms with Crippen molar-refractivity contribution in [3.05, 3.63) is 0 Å². The lowest BCUT2D eigenvalue weighted by Crippen LogP contribution is -2.29. The number of hydrogen-bond acceptors (Lipinski definition) is 2. The van der Waals surface area contributed by atoms with Crippen molar-refractivity contribution in [2.24, 2.45) is 17.1 Å². The Balaban J connectivity index is 2.22. The highest BCUT2D eigenvalue weighted by atomic mass is 16.6. The van der Waals surface area contributed by atoms with Crippen LogP contribution in [0.1, 0.15) is 85.0 Å². The second-order valence-corrected chi connectivity index (χ2v) is 7.26. The highest BCUT2D eigenvalue weighted by Gasteiger charge is 2.28. The molecule has 1 aliphatic rings. The lowest BCUT2D eigenvalue weighted by atomic mass is 9.74. The molecule has 0 aromatic heterocycles. The summed E-state index contributed by atoms with van der Waals surface area (Å²) in [5.74, 6) is 0.795. The Bertz CT molecular complexity index is 281. The van der Waals surface area contributed by atoms with Gasteiger partial charge in [0.25, 0.3) is 0 Å². The van der Waals surface area contributed by atoms with Crippen molar-refractivity contribution in [2.45, 2.75) is 91.1 Å². The molecule has 1 fully saturated rings. The Morgan fingerprint density at radius 1 is 1.15 bits per heavy atom. The van der Waals surface area contributed by atoms with E-state index in [1.165, 1.54) is 51.4 Å². The number of ether oxygens (including phenoxy) is 1. The van der Waals surface area contributed by atoms with Crippen molar-refractivity contribution >= 4 is 6.09 Å². The minimum absolute atomic E-state index is 0.0661. The first-order chi connectivity index (χ1) is 9.43. The molecule has 0 bridgehead atoms. The van der Waals surface area contributed by atoms with Gasteiger partial charge in [-0.2, -0.15) is 0 Å². The second-order valence-electron chi connectivity index (χ2n) is 7.26. The molecule has 0 saturated heterocycles. The van der Waals surface area contributed by atoms with E-state index in [-0.39, 0.29) is 6.10 Å². The van der Waals surface area contributed by atoms with Crippen molar-refractivity contribution in [3.8, 4) is 0 Å². The fourth-order valence-corrected chi connectivity index (χ4v) is 3.53. The first kappa shape index (κ1) is 17.3. The molecule has 0 unspecified atom stereocenters. The van der Waals surface area contributed by atoms with E-state index in [0.29, 0.717) is 5.41 Å². The number of hydrogen-bond donors (Lipinski definition) is 1. The minimum Gasteiger partial charge on any atom is -0.446 e. The molecule has 2 N–H and O–H groups in total. The van der Waals surface area contributed by atoms with Gasteiger partial charge in [0.2, 0.25) is 0 Å². The van der Waals surface area contributed by atoms with E-state index in [0.717, 1.165) is 18.8 Å². The topological polar surface area (TPSA) is 52.3 Å². The van der Waals surface area contributed by atoms with E-state index in [1.807, 2.05) is 0 Å². The average Bonchev–Trinajstić information content (AvgIpc) is 2.36. The lowest BCUT2D eigenvalue weighted by Gasteiger charge is -2.34. The average molecular weight is 283 g/mol. The zero-order valence-corrected chi connectivity index (χ0v) is 13.6. The molecule has 118 valence electrons. The molecule has 0 aromatic carbocycles. The zero-order chi connectivity index (χ0) is 15.0. The number of carbonyl (C=O) groups excluding carboxylic acids is 1. The van der Waals surface area contributed by atoms with Crippen LogP contribution in [0.2, 0.25) is 0 Å². The number of rotatable bonds is 8. The summed E-state index contributed by atoms with van der Waals surface area (Å²) in [5, 5.41) is 0. The summed E-state index contributed by atoms with van der Waals surface area (Å²) in [6, 6.07) is 0. The van der Waals surface area contributed by atoms with E-state index in [1.54, 1.807) is 0 Å². The molecule has 0 aliphatic heterocycles. The number of primary amides is 1. The van der Waals surface area contributed by atoms with Crippen molar-refractivity contribution in [1.29, 1.82) is 0 Å². The summed E-state index contributed by atoms with van der Waals surface area (Å²) in [6.45, 7) is 7.08. The summed E-state index contributed by atoms with van der Waals surface area (Å²) in [5.41, 5.74) is 5.53. The van der Waals surface area contributed by atoms with E-state index < -0.39 is 6.09 Å².